The van der Waals surface area contributed by atoms with E-state index in [2.05, 4.69) is 45.0 Å². The lowest BCUT2D eigenvalue weighted by atomic mass is 9.86. The summed E-state index contributed by atoms with van der Waals surface area (Å²) in [5.74, 6) is 1.50. The standard InChI is InChI=1S/C27H26Cl2N2O2/c1-27(2,3)18-9-5-17(6-10-18)26-31-24(21-13-19(28)14-22(29)25(21)33-26)15-23(30-31)16-7-11-20(32-4)12-8-16/h5-14,24,26H,15H2,1-4H3. The molecule has 0 spiro atoms. The molecular weight excluding hydrogens is 455 g/mol. The van der Waals surface area contributed by atoms with E-state index in [0.29, 0.717) is 15.8 Å². The molecule has 2 aliphatic heterocycles. The maximum absolute atomic E-state index is 6.58. The van der Waals surface area contributed by atoms with Crippen LogP contribution in [0, 0.1) is 0 Å². The molecule has 0 aliphatic carbocycles. The first-order chi connectivity index (χ1) is 15.7. The number of benzene rings is 3. The molecule has 0 bridgehead atoms. The molecule has 0 radical (unpaired) electrons. The zero-order valence-corrected chi connectivity index (χ0v) is 20.6. The van der Waals surface area contributed by atoms with E-state index in [1.807, 2.05) is 35.3 Å². The van der Waals surface area contributed by atoms with Crippen LogP contribution in [0.4, 0.5) is 0 Å². The average Bonchev–Trinajstić information content (AvgIpc) is 3.24. The van der Waals surface area contributed by atoms with E-state index in [-0.39, 0.29) is 17.7 Å². The van der Waals surface area contributed by atoms with Gasteiger partial charge in [-0.25, -0.2) is 5.01 Å². The first kappa shape index (κ1) is 22.1. The van der Waals surface area contributed by atoms with Gasteiger partial charge in [0.2, 0.25) is 6.23 Å². The molecular formula is C27H26Cl2N2O2. The van der Waals surface area contributed by atoms with Crippen LogP contribution in [0.25, 0.3) is 0 Å². The summed E-state index contributed by atoms with van der Waals surface area (Å²) >= 11 is 12.9. The van der Waals surface area contributed by atoms with Gasteiger partial charge in [-0.2, -0.15) is 5.10 Å². The molecule has 2 aliphatic rings. The van der Waals surface area contributed by atoms with Crippen molar-refractivity contribution >= 4 is 28.9 Å². The SMILES string of the molecule is COc1ccc(C2=NN3C(C2)c2cc(Cl)cc(Cl)c2OC3c2ccc(C(C)(C)C)cc2)cc1. The fraction of sp³-hybridized carbons (Fsp3) is 0.296. The summed E-state index contributed by atoms with van der Waals surface area (Å²) in [6.45, 7) is 6.63. The number of hydrogen-bond donors (Lipinski definition) is 0. The summed E-state index contributed by atoms with van der Waals surface area (Å²) < 4.78 is 11.8. The van der Waals surface area contributed by atoms with Gasteiger partial charge in [0.25, 0.3) is 0 Å². The highest BCUT2D eigenvalue weighted by Gasteiger charge is 2.42. The van der Waals surface area contributed by atoms with E-state index in [1.165, 1.54) is 5.56 Å². The Morgan fingerprint density at radius 1 is 1.00 bits per heavy atom. The van der Waals surface area contributed by atoms with Gasteiger partial charge in [0.05, 0.1) is 23.9 Å². The van der Waals surface area contributed by atoms with Crippen LogP contribution in [0.2, 0.25) is 10.0 Å². The van der Waals surface area contributed by atoms with Crippen molar-refractivity contribution in [2.24, 2.45) is 5.10 Å². The van der Waals surface area contributed by atoms with Crippen LogP contribution in [0.5, 0.6) is 11.5 Å². The maximum atomic E-state index is 6.58. The predicted molar refractivity (Wildman–Crippen MR) is 134 cm³/mol. The largest absolute Gasteiger partial charge is 0.497 e. The molecule has 2 atom stereocenters. The van der Waals surface area contributed by atoms with E-state index in [1.54, 1.807) is 13.2 Å². The molecule has 0 N–H and O–H groups in total. The van der Waals surface area contributed by atoms with E-state index < -0.39 is 0 Å². The summed E-state index contributed by atoms with van der Waals surface area (Å²) in [6, 6.07) is 20.2. The van der Waals surface area contributed by atoms with E-state index in [0.717, 1.165) is 34.6 Å². The summed E-state index contributed by atoms with van der Waals surface area (Å²) in [5, 5.41) is 8.17. The third kappa shape index (κ3) is 4.07. The molecule has 0 saturated carbocycles. The minimum Gasteiger partial charge on any atom is -0.497 e. The van der Waals surface area contributed by atoms with Crippen LogP contribution in [-0.2, 0) is 5.41 Å². The smallest absolute Gasteiger partial charge is 0.213 e. The zero-order chi connectivity index (χ0) is 23.3. The molecule has 0 saturated heterocycles. The first-order valence-electron chi connectivity index (χ1n) is 11.0. The fourth-order valence-corrected chi connectivity index (χ4v) is 4.99. The van der Waals surface area contributed by atoms with Crippen LogP contribution in [0.15, 0.2) is 65.8 Å². The molecule has 2 unspecified atom stereocenters. The summed E-state index contributed by atoms with van der Waals surface area (Å²) in [4.78, 5) is 0. The number of ether oxygens (including phenoxy) is 2. The van der Waals surface area contributed by atoms with Gasteiger partial charge in [0.15, 0.2) is 0 Å². The Kier molecular flexibility index (Phi) is 5.54. The number of hydrazone groups is 1. The Morgan fingerprint density at radius 2 is 1.70 bits per heavy atom. The lowest BCUT2D eigenvalue weighted by Crippen LogP contribution is -2.34. The maximum Gasteiger partial charge on any atom is 0.213 e. The molecule has 3 aromatic rings. The van der Waals surface area contributed by atoms with Crippen LogP contribution in [0.3, 0.4) is 0 Å². The van der Waals surface area contributed by atoms with Gasteiger partial charge < -0.3 is 9.47 Å². The second-order valence-electron chi connectivity index (χ2n) is 9.52. The number of halogens is 2. The molecule has 0 fully saturated rings. The van der Waals surface area contributed by atoms with Crippen LogP contribution in [-0.4, -0.2) is 17.8 Å². The van der Waals surface area contributed by atoms with E-state index >= 15 is 0 Å². The number of fused-ring (bicyclic) bond motifs is 3. The summed E-state index contributed by atoms with van der Waals surface area (Å²) in [6.07, 6.45) is 0.349. The molecule has 0 amide bonds. The zero-order valence-electron chi connectivity index (χ0n) is 19.1. The highest BCUT2D eigenvalue weighted by Crippen LogP contribution is 2.50. The van der Waals surface area contributed by atoms with Crippen LogP contribution >= 0.6 is 23.2 Å². The number of methoxy groups -OCH3 is 1. The second-order valence-corrected chi connectivity index (χ2v) is 10.4. The third-order valence-electron chi connectivity index (χ3n) is 6.29. The Hall–Kier alpha value is -2.69. The lowest BCUT2D eigenvalue weighted by Gasteiger charge is -2.38. The average molecular weight is 481 g/mol. The summed E-state index contributed by atoms with van der Waals surface area (Å²) in [5.41, 5.74) is 5.39. The van der Waals surface area contributed by atoms with Crippen molar-refractivity contribution in [1.29, 1.82) is 0 Å². The Labute approximate surface area is 204 Å². The Morgan fingerprint density at radius 3 is 2.33 bits per heavy atom. The molecule has 4 nitrogen and oxygen atoms in total. The lowest BCUT2D eigenvalue weighted by molar-refractivity contribution is -0.0189. The van der Waals surface area contributed by atoms with Crippen molar-refractivity contribution in [2.45, 2.75) is 44.9 Å². The molecule has 2 heterocycles. The van der Waals surface area contributed by atoms with E-state index in [9.17, 15) is 0 Å². The molecule has 170 valence electrons. The van der Waals surface area contributed by atoms with Crippen LogP contribution in [0.1, 0.15) is 61.7 Å². The molecule has 33 heavy (non-hydrogen) atoms. The van der Waals surface area contributed by atoms with Gasteiger partial charge in [0, 0.05) is 22.6 Å². The Balaban J connectivity index is 1.57. The van der Waals surface area contributed by atoms with Gasteiger partial charge in [-0.1, -0.05) is 68.2 Å². The van der Waals surface area contributed by atoms with Crippen LogP contribution < -0.4 is 9.47 Å². The third-order valence-corrected chi connectivity index (χ3v) is 6.79. The van der Waals surface area contributed by atoms with Gasteiger partial charge in [0.1, 0.15) is 11.5 Å². The first-order valence-corrected chi connectivity index (χ1v) is 11.8. The quantitative estimate of drug-likeness (QED) is 0.388. The number of hydrogen-bond acceptors (Lipinski definition) is 4. The monoisotopic (exact) mass is 480 g/mol. The van der Waals surface area contributed by atoms with Crippen molar-refractivity contribution in [1.82, 2.24) is 5.01 Å². The number of rotatable bonds is 3. The van der Waals surface area contributed by atoms with Crippen molar-refractivity contribution in [3.63, 3.8) is 0 Å². The Bertz CT molecular complexity index is 1210. The van der Waals surface area contributed by atoms with Gasteiger partial charge in [-0.15, -0.1) is 0 Å². The summed E-state index contributed by atoms with van der Waals surface area (Å²) in [7, 11) is 1.67. The highest BCUT2D eigenvalue weighted by atomic mass is 35.5. The normalized spacial score (nSPS) is 19.5. The minimum absolute atomic E-state index is 0.0191. The van der Waals surface area contributed by atoms with Gasteiger partial charge in [-0.05, 0) is 52.9 Å². The fourth-order valence-electron chi connectivity index (χ4n) is 4.44. The highest BCUT2D eigenvalue weighted by molar-refractivity contribution is 6.35. The topological polar surface area (TPSA) is 34.1 Å². The van der Waals surface area contributed by atoms with Gasteiger partial charge >= 0.3 is 0 Å². The molecule has 5 rings (SSSR count). The minimum atomic E-state index is -0.383. The second kappa shape index (κ2) is 8.27. The number of nitrogens with zero attached hydrogens (tertiary/aromatic N) is 2. The van der Waals surface area contributed by atoms with Crippen molar-refractivity contribution in [2.75, 3.05) is 7.11 Å². The predicted octanol–water partition coefficient (Wildman–Crippen LogP) is 7.54. The van der Waals surface area contributed by atoms with Crippen molar-refractivity contribution in [3.05, 3.63) is 93.0 Å². The van der Waals surface area contributed by atoms with Crippen molar-refractivity contribution < 1.29 is 9.47 Å². The molecule has 3 aromatic carbocycles. The molecule has 6 heteroatoms. The molecule has 0 aromatic heterocycles. The van der Waals surface area contributed by atoms with Gasteiger partial charge in [-0.3, -0.25) is 0 Å². The van der Waals surface area contributed by atoms with E-state index in [4.69, 9.17) is 37.8 Å². The van der Waals surface area contributed by atoms with Crippen molar-refractivity contribution in [3.8, 4) is 11.5 Å².